The number of carbonyl (C=O) groups is 1. The molecule has 6 nitrogen and oxygen atoms in total. The molecule has 0 saturated heterocycles. The highest BCUT2D eigenvalue weighted by atomic mass is 35.5. The molecule has 30 heavy (non-hydrogen) atoms. The molecule has 0 spiro atoms. The van der Waals surface area contributed by atoms with Gasteiger partial charge in [-0.05, 0) is 31.0 Å². The van der Waals surface area contributed by atoms with Gasteiger partial charge in [-0.1, -0.05) is 54.9 Å². The second-order valence-electron chi connectivity index (χ2n) is 7.45. The number of benzene rings is 2. The Morgan fingerprint density at radius 3 is 2.67 bits per heavy atom. The second-order valence-corrected chi connectivity index (χ2v) is 7.85. The number of nitrogens with zero attached hydrogens (tertiary/aromatic N) is 3. The SMILES string of the molecule is CC[C@@H](C)NC(=O)Cn1c2ccccc2c2ncn(Cc3ccccc3Cl)c(=O)c21. The van der Waals surface area contributed by atoms with Crippen LogP contribution in [0.15, 0.2) is 59.7 Å². The first-order chi connectivity index (χ1) is 14.5. The minimum atomic E-state index is -0.201. The van der Waals surface area contributed by atoms with Crippen molar-refractivity contribution >= 4 is 39.4 Å². The van der Waals surface area contributed by atoms with E-state index in [1.165, 1.54) is 4.57 Å². The highest BCUT2D eigenvalue weighted by molar-refractivity contribution is 6.31. The number of hydrogen-bond acceptors (Lipinski definition) is 3. The molecule has 1 atom stereocenters. The summed E-state index contributed by atoms with van der Waals surface area (Å²) >= 11 is 6.28. The van der Waals surface area contributed by atoms with Crippen LogP contribution in [0.2, 0.25) is 5.02 Å². The van der Waals surface area contributed by atoms with Gasteiger partial charge in [0.25, 0.3) is 5.56 Å². The maximum Gasteiger partial charge on any atom is 0.278 e. The lowest BCUT2D eigenvalue weighted by Crippen LogP contribution is -2.35. The fourth-order valence-corrected chi connectivity index (χ4v) is 3.80. The summed E-state index contributed by atoms with van der Waals surface area (Å²) in [4.78, 5) is 30.6. The van der Waals surface area contributed by atoms with E-state index in [4.69, 9.17) is 11.6 Å². The van der Waals surface area contributed by atoms with Gasteiger partial charge in [0.15, 0.2) is 0 Å². The highest BCUT2D eigenvalue weighted by Gasteiger charge is 2.19. The topological polar surface area (TPSA) is 68.9 Å². The molecular formula is C23H23ClN4O2. The Bertz CT molecular complexity index is 1290. The van der Waals surface area contributed by atoms with Gasteiger partial charge in [0.05, 0.1) is 18.4 Å². The first-order valence-corrected chi connectivity index (χ1v) is 10.4. The highest BCUT2D eigenvalue weighted by Crippen LogP contribution is 2.25. The molecule has 0 aliphatic heterocycles. The van der Waals surface area contributed by atoms with E-state index < -0.39 is 0 Å². The summed E-state index contributed by atoms with van der Waals surface area (Å²) in [6.45, 7) is 4.34. The van der Waals surface area contributed by atoms with Crippen LogP contribution >= 0.6 is 11.6 Å². The van der Waals surface area contributed by atoms with Crippen LogP contribution in [0, 0.1) is 0 Å². The molecule has 4 rings (SSSR count). The molecule has 154 valence electrons. The standard InChI is InChI=1S/C23H23ClN4O2/c1-3-15(2)26-20(29)13-28-19-11-7-5-9-17(19)21-22(28)23(30)27(14-25-21)12-16-8-4-6-10-18(16)24/h4-11,14-15H,3,12-13H2,1-2H3,(H,26,29)/t15-/m1/s1. The van der Waals surface area contributed by atoms with E-state index in [-0.39, 0.29) is 24.1 Å². The third-order valence-electron chi connectivity index (χ3n) is 5.35. The molecule has 1 amide bonds. The van der Waals surface area contributed by atoms with Gasteiger partial charge in [0.2, 0.25) is 5.91 Å². The Morgan fingerprint density at radius 1 is 1.17 bits per heavy atom. The van der Waals surface area contributed by atoms with Crippen molar-refractivity contribution in [2.75, 3.05) is 0 Å². The predicted molar refractivity (Wildman–Crippen MR) is 120 cm³/mol. The van der Waals surface area contributed by atoms with E-state index in [1.807, 2.05) is 56.3 Å². The summed E-state index contributed by atoms with van der Waals surface area (Å²) in [6, 6.07) is 15.1. The Morgan fingerprint density at radius 2 is 1.90 bits per heavy atom. The van der Waals surface area contributed by atoms with Gasteiger partial charge >= 0.3 is 0 Å². The van der Waals surface area contributed by atoms with Gasteiger partial charge in [0.1, 0.15) is 17.6 Å². The molecule has 1 N–H and O–H groups in total. The maximum absolute atomic E-state index is 13.4. The van der Waals surface area contributed by atoms with Gasteiger partial charge in [-0.15, -0.1) is 0 Å². The molecule has 2 heterocycles. The van der Waals surface area contributed by atoms with E-state index in [2.05, 4.69) is 10.3 Å². The fraction of sp³-hybridized carbons (Fsp3) is 0.261. The number of aromatic nitrogens is 3. The molecule has 2 aromatic heterocycles. The molecule has 0 saturated carbocycles. The van der Waals surface area contributed by atoms with Crippen molar-refractivity contribution < 1.29 is 4.79 Å². The molecule has 7 heteroatoms. The Hall–Kier alpha value is -3.12. The van der Waals surface area contributed by atoms with Crippen molar-refractivity contribution in [3.63, 3.8) is 0 Å². The lowest BCUT2D eigenvalue weighted by molar-refractivity contribution is -0.122. The zero-order chi connectivity index (χ0) is 21.3. The third-order valence-corrected chi connectivity index (χ3v) is 5.72. The van der Waals surface area contributed by atoms with Crippen LogP contribution < -0.4 is 10.9 Å². The number of fused-ring (bicyclic) bond motifs is 3. The number of carbonyl (C=O) groups excluding carboxylic acids is 1. The first kappa shape index (κ1) is 20.2. The Labute approximate surface area is 179 Å². The number of para-hydroxylation sites is 1. The van der Waals surface area contributed by atoms with Gasteiger partial charge in [0, 0.05) is 16.5 Å². The molecule has 0 aliphatic rings. The molecule has 0 bridgehead atoms. The second kappa shape index (κ2) is 8.32. The van der Waals surface area contributed by atoms with E-state index in [0.29, 0.717) is 22.6 Å². The number of rotatable bonds is 6. The summed E-state index contributed by atoms with van der Waals surface area (Å²) in [7, 11) is 0. The van der Waals surface area contributed by atoms with Gasteiger partial charge in [-0.2, -0.15) is 0 Å². The lowest BCUT2D eigenvalue weighted by atomic mass is 10.2. The zero-order valence-corrected chi connectivity index (χ0v) is 17.7. The number of hydrogen-bond donors (Lipinski definition) is 1. The summed E-state index contributed by atoms with van der Waals surface area (Å²) in [5.74, 6) is -0.132. The number of amides is 1. The monoisotopic (exact) mass is 422 g/mol. The van der Waals surface area contributed by atoms with E-state index in [1.54, 1.807) is 17.0 Å². The molecular weight excluding hydrogens is 400 g/mol. The van der Waals surface area contributed by atoms with Crippen molar-refractivity contribution in [2.45, 2.75) is 39.4 Å². The van der Waals surface area contributed by atoms with Crippen LogP contribution in [0.1, 0.15) is 25.8 Å². The zero-order valence-electron chi connectivity index (χ0n) is 16.9. The average Bonchev–Trinajstić information content (AvgIpc) is 3.05. The Balaban J connectivity index is 1.85. The van der Waals surface area contributed by atoms with Crippen molar-refractivity contribution in [1.82, 2.24) is 19.4 Å². The molecule has 4 aromatic rings. The van der Waals surface area contributed by atoms with Gasteiger partial charge in [-0.25, -0.2) is 4.98 Å². The van der Waals surface area contributed by atoms with Crippen LogP contribution in [0.4, 0.5) is 0 Å². The van der Waals surface area contributed by atoms with Gasteiger partial charge < -0.3 is 9.88 Å². The number of halogens is 1. The quantitative estimate of drug-likeness (QED) is 0.511. The minimum absolute atomic E-state index is 0.0569. The summed E-state index contributed by atoms with van der Waals surface area (Å²) < 4.78 is 3.30. The van der Waals surface area contributed by atoms with E-state index in [0.717, 1.165) is 22.9 Å². The third kappa shape index (κ3) is 3.71. The summed E-state index contributed by atoms with van der Waals surface area (Å²) in [6.07, 6.45) is 2.38. The molecule has 0 fully saturated rings. The maximum atomic E-state index is 13.4. The van der Waals surface area contributed by atoms with Crippen LogP contribution in [-0.4, -0.2) is 26.1 Å². The predicted octanol–water partition coefficient (Wildman–Crippen LogP) is 3.97. The van der Waals surface area contributed by atoms with Crippen LogP contribution in [0.3, 0.4) is 0 Å². The fourth-order valence-electron chi connectivity index (χ4n) is 3.60. The van der Waals surface area contributed by atoms with Gasteiger partial charge in [-0.3, -0.25) is 14.2 Å². The normalized spacial score (nSPS) is 12.4. The van der Waals surface area contributed by atoms with Crippen molar-refractivity contribution in [1.29, 1.82) is 0 Å². The molecule has 0 unspecified atom stereocenters. The van der Waals surface area contributed by atoms with E-state index in [9.17, 15) is 9.59 Å². The Kier molecular flexibility index (Phi) is 5.59. The van der Waals surface area contributed by atoms with Crippen LogP contribution in [-0.2, 0) is 17.9 Å². The first-order valence-electron chi connectivity index (χ1n) is 9.98. The van der Waals surface area contributed by atoms with Crippen LogP contribution in [0.25, 0.3) is 21.9 Å². The minimum Gasteiger partial charge on any atom is -0.352 e. The van der Waals surface area contributed by atoms with Crippen molar-refractivity contribution in [3.8, 4) is 0 Å². The molecule has 2 aromatic carbocycles. The van der Waals surface area contributed by atoms with Crippen molar-refractivity contribution in [3.05, 3.63) is 75.8 Å². The smallest absolute Gasteiger partial charge is 0.278 e. The summed E-state index contributed by atoms with van der Waals surface area (Å²) in [5, 5.41) is 4.42. The number of nitrogens with one attached hydrogen (secondary N) is 1. The summed E-state index contributed by atoms with van der Waals surface area (Å²) in [5.41, 5.74) is 2.46. The van der Waals surface area contributed by atoms with Crippen LogP contribution in [0.5, 0.6) is 0 Å². The largest absolute Gasteiger partial charge is 0.352 e. The van der Waals surface area contributed by atoms with Crippen molar-refractivity contribution in [2.24, 2.45) is 0 Å². The van der Waals surface area contributed by atoms with E-state index >= 15 is 0 Å². The lowest BCUT2D eigenvalue weighted by Gasteiger charge is -2.13. The average molecular weight is 423 g/mol. The molecule has 0 radical (unpaired) electrons. The molecule has 0 aliphatic carbocycles.